The molecule has 1 aliphatic rings. The molecule has 0 amide bonds. The maximum Gasteiger partial charge on any atom is 0.127 e. The largest absolute Gasteiger partial charge is 0.301 e. The smallest absolute Gasteiger partial charge is 0.127 e. The Bertz CT molecular complexity index is 634. The van der Waals surface area contributed by atoms with Crippen molar-refractivity contribution in [3.05, 3.63) is 70.5 Å². The van der Waals surface area contributed by atoms with Gasteiger partial charge < -0.3 is 9.80 Å². The summed E-state index contributed by atoms with van der Waals surface area (Å²) < 4.78 is 13.8. The van der Waals surface area contributed by atoms with E-state index in [0.717, 1.165) is 45.7 Å². The molecule has 0 N–H and O–H groups in total. The summed E-state index contributed by atoms with van der Waals surface area (Å²) in [6.07, 6.45) is 3.03. The van der Waals surface area contributed by atoms with Crippen LogP contribution >= 0.6 is 11.6 Å². The van der Waals surface area contributed by atoms with Crippen LogP contribution in [0.5, 0.6) is 0 Å². The molecule has 1 heterocycles. The third kappa shape index (κ3) is 5.53. The molecular formula is C21H26ClFN2. The maximum atomic E-state index is 13.8. The second-order valence-corrected chi connectivity index (χ2v) is 7.13. The standard InChI is InChI=1S/C21H26ClFN2/c22-20-9-4-10-21(23)19(20)11-13-25-16-14-24(15-17-25)12-5-8-18-6-2-1-3-7-18/h1-4,6-7,9-10H,5,8,11-17H2. The molecular weight excluding hydrogens is 335 g/mol. The molecule has 2 aromatic carbocycles. The Balaban J connectivity index is 1.36. The summed E-state index contributed by atoms with van der Waals surface area (Å²) in [5, 5.41) is 0.541. The van der Waals surface area contributed by atoms with Gasteiger partial charge in [-0.1, -0.05) is 48.0 Å². The van der Waals surface area contributed by atoms with E-state index >= 15 is 0 Å². The van der Waals surface area contributed by atoms with Crippen LogP contribution in [-0.4, -0.2) is 49.1 Å². The molecule has 1 fully saturated rings. The summed E-state index contributed by atoms with van der Waals surface area (Å²) in [4.78, 5) is 4.95. The van der Waals surface area contributed by atoms with Gasteiger partial charge in [-0.15, -0.1) is 0 Å². The SMILES string of the molecule is Fc1cccc(Cl)c1CCN1CCN(CCCc2ccccc2)CC1. The van der Waals surface area contributed by atoms with Crippen molar-refractivity contribution < 1.29 is 4.39 Å². The summed E-state index contributed by atoms with van der Waals surface area (Å²) in [6.45, 7) is 6.33. The molecule has 0 aliphatic carbocycles. The first-order chi connectivity index (χ1) is 12.2. The molecule has 2 nitrogen and oxygen atoms in total. The molecule has 2 aromatic rings. The second kappa shape index (κ2) is 9.33. The van der Waals surface area contributed by atoms with Gasteiger partial charge in [-0.2, -0.15) is 0 Å². The van der Waals surface area contributed by atoms with E-state index in [4.69, 9.17) is 11.6 Å². The first-order valence-electron chi connectivity index (χ1n) is 9.14. The lowest BCUT2D eigenvalue weighted by Gasteiger charge is -2.34. The Morgan fingerprint density at radius 3 is 2.16 bits per heavy atom. The molecule has 0 saturated carbocycles. The Hall–Kier alpha value is -1.42. The van der Waals surface area contributed by atoms with Crippen molar-refractivity contribution >= 4 is 11.6 Å². The van der Waals surface area contributed by atoms with Gasteiger partial charge in [0.25, 0.3) is 0 Å². The van der Waals surface area contributed by atoms with Crippen molar-refractivity contribution in [2.75, 3.05) is 39.3 Å². The molecule has 25 heavy (non-hydrogen) atoms. The van der Waals surface area contributed by atoms with Crippen molar-refractivity contribution in [2.45, 2.75) is 19.3 Å². The normalized spacial score (nSPS) is 16.2. The fourth-order valence-corrected chi connectivity index (χ4v) is 3.69. The first kappa shape index (κ1) is 18.4. The van der Waals surface area contributed by atoms with Crippen LogP contribution in [0.4, 0.5) is 4.39 Å². The number of aryl methyl sites for hydroxylation is 1. The number of rotatable bonds is 7. The molecule has 0 unspecified atom stereocenters. The number of hydrogen-bond donors (Lipinski definition) is 0. The van der Waals surface area contributed by atoms with Crippen LogP contribution in [0.15, 0.2) is 48.5 Å². The van der Waals surface area contributed by atoms with Gasteiger partial charge in [0.15, 0.2) is 0 Å². The monoisotopic (exact) mass is 360 g/mol. The zero-order chi connectivity index (χ0) is 17.5. The molecule has 134 valence electrons. The summed E-state index contributed by atoms with van der Waals surface area (Å²) in [5.74, 6) is -0.188. The van der Waals surface area contributed by atoms with E-state index < -0.39 is 0 Å². The quantitative estimate of drug-likeness (QED) is 0.727. The fraction of sp³-hybridized carbons (Fsp3) is 0.429. The Morgan fingerprint density at radius 1 is 0.800 bits per heavy atom. The van der Waals surface area contributed by atoms with Gasteiger partial charge in [-0.25, -0.2) is 4.39 Å². The van der Waals surface area contributed by atoms with Gasteiger partial charge >= 0.3 is 0 Å². The predicted molar refractivity (Wildman–Crippen MR) is 103 cm³/mol. The Morgan fingerprint density at radius 2 is 1.48 bits per heavy atom. The van der Waals surface area contributed by atoms with Gasteiger partial charge in [0.05, 0.1) is 0 Å². The minimum atomic E-state index is -0.188. The second-order valence-electron chi connectivity index (χ2n) is 6.72. The molecule has 0 atom stereocenters. The zero-order valence-electron chi connectivity index (χ0n) is 14.6. The average Bonchev–Trinajstić information content (AvgIpc) is 2.63. The molecule has 1 saturated heterocycles. The summed E-state index contributed by atoms with van der Waals surface area (Å²) in [7, 11) is 0. The first-order valence-corrected chi connectivity index (χ1v) is 9.52. The highest BCUT2D eigenvalue weighted by Crippen LogP contribution is 2.20. The minimum absolute atomic E-state index is 0.188. The van der Waals surface area contributed by atoms with Crippen LogP contribution in [-0.2, 0) is 12.8 Å². The van der Waals surface area contributed by atoms with Crippen LogP contribution in [0.3, 0.4) is 0 Å². The molecule has 4 heteroatoms. The van der Waals surface area contributed by atoms with E-state index in [0.29, 0.717) is 17.0 Å². The lowest BCUT2D eigenvalue weighted by molar-refractivity contribution is 0.132. The van der Waals surface area contributed by atoms with Gasteiger partial charge in [-0.3, -0.25) is 0 Å². The van der Waals surface area contributed by atoms with E-state index in [1.165, 1.54) is 18.1 Å². The molecule has 0 radical (unpaired) electrons. The van der Waals surface area contributed by atoms with E-state index in [1.54, 1.807) is 12.1 Å². The predicted octanol–water partition coefficient (Wildman–Crippen LogP) is 4.27. The van der Waals surface area contributed by atoms with Crippen molar-refractivity contribution in [3.63, 3.8) is 0 Å². The van der Waals surface area contributed by atoms with Crippen molar-refractivity contribution in [1.29, 1.82) is 0 Å². The zero-order valence-corrected chi connectivity index (χ0v) is 15.4. The van der Waals surface area contributed by atoms with E-state index in [9.17, 15) is 4.39 Å². The van der Waals surface area contributed by atoms with Crippen LogP contribution in [0.2, 0.25) is 5.02 Å². The van der Waals surface area contributed by atoms with E-state index in [1.807, 2.05) is 0 Å². The lowest BCUT2D eigenvalue weighted by atomic mass is 10.1. The Labute approximate surface area is 155 Å². The van der Waals surface area contributed by atoms with Gasteiger partial charge in [-0.05, 0) is 43.5 Å². The van der Waals surface area contributed by atoms with Gasteiger partial charge in [0.2, 0.25) is 0 Å². The van der Waals surface area contributed by atoms with Crippen molar-refractivity contribution in [1.82, 2.24) is 9.80 Å². The molecule has 0 bridgehead atoms. The van der Waals surface area contributed by atoms with E-state index in [-0.39, 0.29) is 5.82 Å². The maximum absolute atomic E-state index is 13.8. The van der Waals surface area contributed by atoms with Crippen LogP contribution in [0.25, 0.3) is 0 Å². The van der Waals surface area contributed by atoms with Gasteiger partial charge in [0.1, 0.15) is 5.82 Å². The Kier molecular flexibility index (Phi) is 6.85. The molecule has 1 aliphatic heterocycles. The highest BCUT2D eigenvalue weighted by Gasteiger charge is 2.17. The topological polar surface area (TPSA) is 6.48 Å². The third-order valence-corrected chi connectivity index (χ3v) is 5.34. The number of benzene rings is 2. The minimum Gasteiger partial charge on any atom is -0.301 e. The number of hydrogen-bond acceptors (Lipinski definition) is 2. The highest BCUT2D eigenvalue weighted by molar-refractivity contribution is 6.31. The summed E-state index contributed by atoms with van der Waals surface area (Å²) in [5.41, 5.74) is 2.07. The van der Waals surface area contributed by atoms with Crippen LogP contribution in [0, 0.1) is 5.82 Å². The number of halogens is 2. The molecule has 3 rings (SSSR count). The van der Waals surface area contributed by atoms with E-state index in [2.05, 4.69) is 40.1 Å². The molecule has 0 spiro atoms. The van der Waals surface area contributed by atoms with Crippen molar-refractivity contribution in [2.24, 2.45) is 0 Å². The van der Waals surface area contributed by atoms with Crippen LogP contribution < -0.4 is 0 Å². The average molecular weight is 361 g/mol. The van der Waals surface area contributed by atoms with Crippen LogP contribution in [0.1, 0.15) is 17.5 Å². The third-order valence-electron chi connectivity index (χ3n) is 4.99. The fourth-order valence-electron chi connectivity index (χ4n) is 3.43. The molecule has 0 aromatic heterocycles. The summed E-state index contributed by atoms with van der Waals surface area (Å²) >= 11 is 6.11. The number of piperazine rings is 1. The van der Waals surface area contributed by atoms with Gasteiger partial charge in [0, 0.05) is 43.3 Å². The number of nitrogens with zero attached hydrogens (tertiary/aromatic N) is 2. The van der Waals surface area contributed by atoms with Crippen molar-refractivity contribution in [3.8, 4) is 0 Å². The summed E-state index contributed by atoms with van der Waals surface area (Å²) in [6, 6.07) is 15.6. The highest BCUT2D eigenvalue weighted by atomic mass is 35.5. The lowest BCUT2D eigenvalue weighted by Crippen LogP contribution is -2.47.